The number of nitrogens with zero attached hydrogens (tertiary/aromatic N) is 3. The molecule has 0 aliphatic carbocycles. The quantitative estimate of drug-likeness (QED) is 0.644. The van der Waals surface area contributed by atoms with Gasteiger partial charge in [0.1, 0.15) is 5.82 Å². The van der Waals surface area contributed by atoms with Gasteiger partial charge in [0.25, 0.3) is 0 Å². The molecule has 0 aromatic carbocycles. The molecule has 1 aromatic heterocycles. The number of nitriles is 1. The van der Waals surface area contributed by atoms with Crippen molar-refractivity contribution in [1.82, 2.24) is 9.97 Å². The van der Waals surface area contributed by atoms with Crippen LogP contribution in [0.1, 0.15) is 56.8 Å². The van der Waals surface area contributed by atoms with Gasteiger partial charge in [-0.25, -0.2) is 9.97 Å². The first-order valence-corrected chi connectivity index (χ1v) is 6.53. The fraction of sp³-hybridized carbons (Fsp3) is 0.643. The summed E-state index contributed by atoms with van der Waals surface area (Å²) in [7, 11) is 0. The third kappa shape index (κ3) is 6.01. The molecule has 0 bridgehead atoms. The average Bonchev–Trinajstić information content (AvgIpc) is 2.36. The summed E-state index contributed by atoms with van der Waals surface area (Å²) in [6.45, 7) is 2.24. The topological polar surface area (TPSA) is 49.6 Å². The van der Waals surface area contributed by atoms with Crippen molar-refractivity contribution in [2.24, 2.45) is 0 Å². The fourth-order valence-electron chi connectivity index (χ4n) is 1.78. The third-order valence-corrected chi connectivity index (χ3v) is 2.81. The van der Waals surface area contributed by atoms with Gasteiger partial charge in [-0.1, -0.05) is 39.0 Å². The van der Waals surface area contributed by atoms with Gasteiger partial charge < -0.3 is 0 Å². The number of unbranched alkanes of at least 4 members (excludes halogenated alkanes) is 5. The van der Waals surface area contributed by atoms with Crippen LogP contribution in [0.25, 0.3) is 0 Å². The zero-order valence-electron chi connectivity index (χ0n) is 10.7. The van der Waals surface area contributed by atoms with Gasteiger partial charge in [-0.15, -0.1) is 0 Å². The molecular formula is C14H21N3. The standard InChI is InChI=1S/C14H21N3/c1-2-3-4-5-6-7-8-13-11-16-14(9-10-15)17-12-13/h11-12H,2-9H2,1H3. The van der Waals surface area contributed by atoms with Gasteiger partial charge in [-0.2, -0.15) is 5.26 Å². The van der Waals surface area contributed by atoms with Gasteiger partial charge in [0, 0.05) is 12.4 Å². The molecule has 0 fully saturated rings. The Balaban J connectivity index is 2.17. The van der Waals surface area contributed by atoms with Crippen LogP contribution in [-0.2, 0) is 12.8 Å². The highest BCUT2D eigenvalue weighted by Gasteiger charge is 1.97. The normalized spacial score (nSPS) is 10.1. The molecule has 0 radical (unpaired) electrons. The molecule has 0 atom stereocenters. The van der Waals surface area contributed by atoms with Gasteiger partial charge in [0.05, 0.1) is 12.5 Å². The minimum Gasteiger partial charge on any atom is -0.240 e. The van der Waals surface area contributed by atoms with Gasteiger partial charge in [0.15, 0.2) is 0 Å². The molecule has 17 heavy (non-hydrogen) atoms. The Bertz CT molecular complexity index is 337. The van der Waals surface area contributed by atoms with Crippen molar-refractivity contribution in [2.75, 3.05) is 0 Å². The predicted octanol–water partition coefficient (Wildman–Crippen LogP) is 3.45. The lowest BCUT2D eigenvalue weighted by atomic mass is 10.1. The van der Waals surface area contributed by atoms with E-state index < -0.39 is 0 Å². The highest BCUT2D eigenvalue weighted by Crippen LogP contribution is 2.08. The maximum absolute atomic E-state index is 8.50. The molecule has 3 heteroatoms. The van der Waals surface area contributed by atoms with Crippen molar-refractivity contribution < 1.29 is 0 Å². The maximum atomic E-state index is 8.50. The van der Waals surface area contributed by atoms with E-state index in [1.807, 2.05) is 12.4 Å². The summed E-state index contributed by atoms with van der Waals surface area (Å²) in [5, 5.41) is 8.50. The van der Waals surface area contributed by atoms with Crippen LogP contribution in [0.15, 0.2) is 12.4 Å². The van der Waals surface area contributed by atoms with E-state index in [0.717, 1.165) is 6.42 Å². The molecule has 0 saturated carbocycles. The highest BCUT2D eigenvalue weighted by molar-refractivity contribution is 5.07. The molecule has 0 saturated heterocycles. The second-order valence-electron chi connectivity index (χ2n) is 4.36. The lowest BCUT2D eigenvalue weighted by Crippen LogP contribution is -1.95. The summed E-state index contributed by atoms with van der Waals surface area (Å²) in [5.74, 6) is 0.624. The highest BCUT2D eigenvalue weighted by atomic mass is 14.9. The Labute approximate surface area is 104 Å². The zero-order valence-corrected chi connectivity index (χ0v) is 10.7. The Hall–Kier alpha value is -1.43. The van der Waals surface area contributed by atoms with Crippen LogP contribution in [0.5, 0.6) is 0 Å². The van der Waals surface area contributed by atoms with Gasteiger partial charge in [-0.3, -0.25) is 0 Å². The van der Waals surface area contributed by atoms with E-state index >= 15 is 0 Å². The van der Waals surface area contributed by atoms with Crippen LogP contribution >= 0.6 is 0 Å². The van der Waals surface area contributed by atoms with Crippen LogP contribution < -0.4 is 0 Å². The summed E-state index contributed by atoms with van der Waals surface area (Å²) in [4.78, 5) is 8.33. The summed E-state index contributed by atoms with van der Waals surface area (Å²) < 4.78 is 0. The summed E-state index contributed by atoms with van der Waals surface area (Å²) >= 11 is 0. The zero-order chi connectivity index (χ0) is 12.3. The molecule has 0 aliphatic heterocycles. The third-order valence-electron chi connectivity index (χ3n) is 2.81. The minimum absolute atomic E-state index is 0.303. The minimum atomic E-state index is 0.303. The van der Waals surface area contributed by atoms with Crippen LogP contribution in [-0.4, -0.2) is 9.97 Å². The molecule has 0 aliphatic rings. The van der Waals surface area contributed by atoms with Gasteiger partial charge >= 0.3 is 0 Å². The van der Waals surface area contributed by atoms with E-state index in [1.165, 1.54) is 44.1 Å². The molecular weight excluding hydrogens is 210 g/mol. The van der Waals surface area contributed by atoms with Crippen molar-refractivity contribution in [3.05, 3.63) is 23.8 Å². The van der Waals surface area contributed by atoms with E-state index in [9.17, 15) is 0 Å². The number of hydrogen-bond donors (Lipinski definition) is 0. The lowest BCUT2D eigenvalue weighted by molar-refractivity contribution is 0.606. The van der Waals surface area contributed by atoms with Crippen LogP contribution in [0.2, 0.25) is 0 Å². The van der Waals surface area contributed by atoms with Crippen molar-refractivity contribution in [3.8, 4) is 6.07 Å². The predicted molar refractivity (Wildman–Crippen MR) is 68.4 cm³/mol. The van der Waals surface area contributed by atoms with E-state index in [2.05, 4.69) is 23.0 Å². The first-order chi connectivity index (χ1) is 8.36. The largest absolute Gasteiger partial charge is 0.240 e. The monoisotopic (exact) mass is 231 g/mol. The number of aromatic nitrogens is 2. The molecule has 0 unspecified atom stereocenters. The Morgan fingerprint density at radius 2 is 1.71 bits per heavy atom. The first-order valence-electron chi connectivity index (χ1n) is 6.53. The molecule has 0 spiro atoms. The van der Waals surface area contributed by atoms with Gasteiger partial charge in [-0.05, 0) is 18.4 Å². The SMILES string of the molecule is CCCCCCCCc1cnc(CC#N)nc1. The smallest absolute Gasteiger partial charge is 0.142 e. The Morgan fingerprint density at radius 3 is 2.35 bits per heavy atom. The van der Waals surface area contributed by atoms with Crippen molar-refractivity contribution in [2.45, 2.75) is 58.3 Å². The molecule has 92 valence electrons. The van der Waals surface area contributed by atoms with Crippen LogP contribution in [0, 0.1) is 11.3 Å². The number of rotatable bonds is 8. The molecule has 0 amide bonds. The Morgan fingerprint density at radius 1 is 1.06 bits per heavy atom. The number of hydrogen-bond acceptors (Lipinski definition) is 3. The van der Waals surface area contributed by atoms with E-state index in [1.54, 1.807) is 0 Å². The second-order valence-corrected chi connectivity index (χ2v) is 4.36. The van der Waals surface area contributed by atoms with E-state index in [4.69, 9.17) is 5.26 Å². The molecule has 1 aromatic rings. The van der Waals surface area contributed by atoms with E-state index in [0.29, 0.717) is 12.2 Å². The van der Waals surface area contributed by atoms with Crippen molar-refractivity contribution >= 4 is 0 Å². The summed E-state index contributed by atoms with van der Waals surface area (Å²) in [6, 6.07) is 2.05. The molecule has 1 heterocycles. The summed E-state index contributed by atoms with van der Waals surface area (Å²) in [6.07, 6.45) is 12.9. The molecule has 0 N–H and O–H groups in total. The first kappa shape index (κ1) is 13.6. The average molecular weight is 231 g/mol. The Kier molecular flexibility index (Phi) is 6.97. The fourth-order valence-corrected chi connectivity index (χ4v) is 1.78. The number of aryl methyl sites for hydroxylation is 1. The second kappa shape index (κ2) is 8.69. The maximum Gasteiger partial charge on any atom is 0.142 e. The lowest BCUT2D eigenvalue weighted by Gasteiger charge is -2.01. The van der Waals surface area contributed by atoms with Crippen molar-refractivity contribution in [3.63, 3.8) is 0 Å². The van der Waals surface area contributed by atoms with Crippen LogP contribution in [0.4, 0.5) is 0 Å². The summed E-state index contributed by atoms with van der Waals surface area (Å²) in [5.41, 5.74) is 1.18. The van der Waals surface area contributed by atoms with E-state index in [-0.39, 0.29) is 0 Å². The van der Waals surface area contributed by atoms with Crippen LogP contribution in [0.3, 0.4) is 0 Å². The van der Waals surface area contributed by atoms with Crippen molar-refractivity contribution in [1.29, 1.82) is 5.26 Å². The molecule has 3 nitrogen and oxygen atoms in total. The van der Waals surface area contributed by atoms with Gasteiger partial charge in [0.2, 0.25) is 0 Å². The molecule has 1 rings (SSSR count).